The van der Waals surface area contributed by atoms with Crippen molar-refractivity contribution in [2.75, 3.05) is 39.3 Å². The Bertz CT molecular complexity index is 735. The van der Waals surface area contributed by atoms with E-state index in [1.165, 1.54) is 12.1 Å². The molecule has 0 aliphatic carbocycles. The molecule has 0 bridgehead atoms. The van der Waals surface area contributed by atoms with Gasteiger partial charge in [0.15, 0.2) is 0 Å². The van der Waals surface area contributed by atoms with Gasteiger partial charge < -0.3 is 9.64 Å². The van der Waals surface area contributed by atoms with Crippen molar-refractivity contribution in [1.29, 1.82) is 0 Å². The van der Waals surface area contributed by atoms with Gasteiger partial charge in [0.1, 0.15) is 0 Å². The van der Waals surface area contributed by atoms with Crippen LogP contribution < -0.4 is 4.72 Å². The maximum atomic E-state index is 12.7. The zero-order valence-electron chi connectivity index (χ0n) is 16.1. The molecule has 0 spiro atoms. The number of hydrogen-bond acceptors (Lipinski definition) is 5. The van der Waals surface area contributed by atoms with Gasteiger partial charge in [-0.3, -0.25) is 9.69 Å². The molecule has 1 aromatic carbocycles. The Hall–Kier alpha value is -1.48. The lowest BCUT2D eigenvalue weighted by Crippen LogP contribution is -2.50. The van der Waals surface area contributed by atoms with Gasteiger partial charge in [-0.1, -0.05) is 0 Å². The summed E-state index contributed by atoms with van der Waals surface area (Å²) in [6.45, 7) is 8.40. The zero-order valence-corrected chi connectivity index (χ0v) is 16.9. The van der Waals surface area contributed by atoms with E-state index in [4.69, 9.17) is 4.74 Å². The van der Waals surface area contributed by atoms with Crippen molar-refractivity contribution >= 4 is 15.9 Å². The number of nitrogens with one attached hydrogen (secondary N) is 1. The largest absolute Gasteiger partial charge is 0.377 e. The van der Waals surface area contributed by atoms with Crippen LogP contribution in [-0.2, 0) is 14.8 Å². The standard InChI is InChI=1S/C19H29N3O4S/c1-15(2)21-9-11-22(12-10-21)19(23)16-5-7-18(8-6-16)27(24,25)20-14-17-4-3-13-26-17/h5-8,15,17,20H,3-4,9-14H2,1-2H3. The van der Waals surface area contributed by atoms with Gasteiger partial charge in [-0.25, -0.2) is 13.1 Å². The van der Waals surface area contributed by atoms with Crippen LogP contribution in [-0.4, -0.2) is 75.6 Å². The summed E-state index contributed by atoms with van der Waals surface area (Å²) >= 11 is 0. The summed E-state index contributed by atoms with van der Waals surface area (Å²) in [6.07, 6.45) is 1.79. The summed E-state index contributed by atoms with van der Waals surface area (Å²) < 4.78 is 32.8. The van der Waals surface area contributed by atoms with Crippen LogP contribution in [0.2, 0.25) is 0 Å². The molecule has 150 valence electrons. The van der Waals surface area contributed by atoms with Crippen molar-refractivity contribution in [3.63, 3.8) is 0 Å². The summed E-state index contributed by atoms with van der Waals surface area (Å²) in [5.41, 5.74) is 0.520. The van der Waals surface area contributed by atoms with E-state index in [0.29, 0.717) is 31.3 Å². The second kappa shape index (κ2) is 8.68. The van der Waals surface area contributed by atoms with Crippen LogP contribution in [0, 0.1) is 0 Å². The monoisotopic (exact) mass is 395 g/mol. The third-order valence-corrected chi connectivity index (χ3v) is 6.71. The Kier molecular flexibility index (Phi) is 6.52. The average Bonchev–Trinajstić information content (AvgIpc) is 3.20. The molecule has 2 heterocycles. The summed E-state index contributed by atoms with van der Waals surface area (Å²) in [6, 6.07) is 6.66. The predicted octanol–water partition coefficient (Wildman–Crippen LogP) is 1.31. The van der Waals surface area contributed by atoms with Gasteiger partial charge in [0, 0.05) is 50.9 Å². The molecule has 2 saturated heterocycles. The topological polar surface area (TPSA) is 79.0 Å². The van der Waals surface area contributed by atoms with Crippen LogP contribution in [0.15, 0.2) is 29.2 Å². The van der Waals surface area contributed by atoms with Gasteiger partial charge in [-0.2, -0.15) is 0 Å². The van der Waals surface area contributed by atoms with E-state index >= 15 is 0 Å². The van der Waals surface area contributed by atoms with Crippen LogP contribution in [0.25, 0.3) is 0 Å². The minimum Gasteiger partial charge on any atom is -0.377 e. The van der Waals surface area contributed by atoms with Gasteiger partial charge in [0.2, 0.25) is 10.0 Å². The molecule has 1 aromatic rings. The van der Waals surface area contributed by atoms with E-state index in [-0.39, 0.29) is 23.5 Å². The Labute approximate surface area is 161 Å². The fourth-order valence-corrected chi connectivity index (χ4v) is 4.56. The maximum Gasteiger partial charge on any atom is 0.253 e. The number of carbonyl (C=O) groups is 1. The quantitative estimate of drug-likeness (QED) is 0.786. The Morgan fingerprint density at radius 2 is 1.85 bits per heavy atom. The molecule has 2 fully saturated rings. The number of carbonyl (C=O) groups excluding carboxylic acids is 1. The molecule has 1 amide bonds. The van der Waals surface area contributed by atoms with E-state index in [9.17, 15) is 13.2 Å². The van der Waals surface area contributed by atoms with Crippen molar-refractivity contribution in [3.05, 3.63) is 29.8 Å². The van der Waals surface area contributed by atoms with E-state index < -0.39 is 10.0 Å². The minimum absolute atomic E-state index is 0.0466. The van der Waals surface area contributed by atoms with Gasteiger partial charge in [-0.15, -0.1) is 0 Å². The Morgan fingerprint density at radius 1 is 1.19 bits per heavy atom. The second-order valence-corrected chi connectivity index (χ2v) is 9.20. The summed E-state index contributed by atoms with van der Waals surface area (Å²) in [7, 11) is -3.59. The third kappa shape index (κ3) is 5.07. The fourth-order valence-electron chi connectivity index (χ4n) is 3.49. The number of ether oxygens (including phenoxy) is 1. The highest BCUT2D eigenvalue weighted by molar-refractivity contribution is 7.89. The van der Waals surface area contributed by atoms with E-state index in [1.54, 1.807) is 12.1 Å². The molecule has 27 heavy (non-hydrogen) atoms. The van der Waals surface area contributed by atoms with Crippen LogP contribution in [0.3, 0.4) is 0 Å². The highest BCUT2D eigenvalue weighted by Gasteiger charge is 2.24. The summed E-state index contributed by atoms with van der Waals surface area (Å²) in [5, 5.41) is 0. The molecule has 1 N–H and O–H groups in total. The van der Waals surface area contributed by atoms with E-state index in [2.05, 4.69) is 23.5 Å². The van der Waals surface area contributed by atoms with Crippen LogP contribution in [0.1, 0.15) is 37.0 Å². The molecule has 1 unspecified atom stereocenters. The van der Waals surface area contributed by atoms with Gasteiger partial charge in [0.05, 0.1) is 11.0 Å². The van der Waals surface area contributed by atoms with Gasteiger partial charge in [0.25, 0.3) is 5.91 Å². The molecule has 8 heteroatoms. The summed E-state index contributed by atoms with van der Waals surface area (Å²) in [4.78, 5) is 17.0. The van der Waals surface area contributed by atoms with Crippen LogP contribution >= 0.6 is 0 Å². The Balaban J connectivity index is 1.58. The molecular weight excluding hydrogens is 366 g/mol. The molecule has 3 rings (SSSR count). The van der Waals surface area contributed by atoms with Crippen molar-refractivity contribution in [2.24, 2.45) is 0 Å². The lowest BCUT2D eigenvalue weighted by atomic mass is 10.1. The molecule has 2 aliphatic heterocycles. The SMILES string of the molecule is CC(C)N1CCN(C(=O)c2ccc(S(=O)(=O)NCC3CCCO3)cc2)CC1. The van der Waals surface area contributed by atoms with Crippen LogP contribution in [0.4, 0.5) is 0 Å². The van der Waals surface area contributed by atoms with Crippen molar-refractivity contribution < 1.29 is 17.9 Å². The predicted molar refractivity (Wildman–Crippen MR) is 103 cm³/mol. The number of hydrogen-bond donors (Lipinski definition) is 1. The van der Waals surface area contributed by atoms with Crippen molar-refractivity contribution in [2.45, 2.75) is 43.7 Å². The first kappa shape index (κ1) is 20.3. The van der Waals surface area contributed by atoms with Crippen molar-refractivity contribution in [3.8, 4) is 0 Å². The highest BCUT2D eigenvalue weighted by Crippen LogP contribution is 2.16. The molecule has 1 atom stereocenters. The Morgan fingerprint density at radius 3 is 2.41 bits per heavy atom. The maximum absolute atomic E-state index is 12.7. The van der Waals surface area contributed by atoms with Crippen molar-refractivity contribution in [1.82, 2.24) is 14.5 Å². The highest BCUT2D eigenvalue weighted by atomic mass is 32.2. The third-order valence-electron chi connectivity index (χ3n) is 5.27. The minimum atomic E-state index is -3.59. The lowest BCUT2D eigenvalue weighted by Gasteiger charge is -2.37. The van der Waals surface area contributed by atoms with E-state index in [1.807, 2.05) is 4.90 Å². The van der Waals surface area contributed by atoms with Crippen LogP contribution in [0.5, 0.6) is 0 Å². The van der Waals surface area contributed by atoms with Gasteiger partial charge in [-0.05, 0) is 51.0 Å². The fraction of sp³-hybridized carbons (Fsp3) is 0.632. The number of amides is 1. The number of piperazine rings is 1. The first-order valence-electron chi connectivity index (χ1n) is 9.61. The van der Waals surface area contributed by atoms with E-state index in [0.717, 1.165) is 25.9 Å². The first-order chi connectivity index (χ1) is 12.9. The molecule has 0 saturated carbocycles. The number of nitrogens with zero attached hydrogens (tertiary/aromatic N) is 2. The number of rotatable bonds is 6. The first-order valence-corrected chi connectivity index (χ1v) is 11.1. The smallest absolute Gasteiger partial charge is 0.253 e. The molecule has 7 nitrogen and oxygen atoms in total. The van der Waals surface area contributed by atoms with Gasteiger partial charge >= 0.3 is 0 Å². The number of sulfonamides is 1. The molecular formula is C19H29N3O4S. The molecule has 0 aromatic heterocycles. The normalized spacial score (nSPS) is 21.7. The average molecular weight is 396 g/mol. The lowest BCUT2D eigenvalue weighted by molar-refractivity contribution is 0.0595. The molecule has 2 aliphatic rings. The molecule has 0 radical (unpaired) electrons. The zero-order chi connectivity index (χ0) is 19.4. The second-order valence-electron chi connectivity index (χ2n) is 7.43. The summed E-state index contributed by atoms with van der Waals surface area (Å²) in [5.74, 6) is -0.0466. The number of benzene rings is 1.